The van der Waals surface area contributed by atoms with Crippen molar-refractivity contribution < 1.29 is 53.4 Å². The van der Waals surface area contributed by atoms with E-state index in [1.807, 2.05) is 11.9 Å². The SMILES string of the molecule is CCCCN(C)c1cc(=O)c2nc3c(oc2c1)c1c(=O)c2c(O)c(C)c4c(c23)=C(O)[C@@](C)(O/C=C/[C@H](OC)[C@@H](C)[C@@H](OC(C)=O)[C@H](C)[C@H](O)[C@H](C)[C@@H](O)[C@@H](C)/C=C/C=C(/C)C(=O)N1)O4. The maximum atomic E-state index is 14.8. The van der Waals surface area contributed by atoms with Gasteiger partial charge in [-0.05, 0) is 26.3 Å². The van der Waals surface area contributed by atoms with Crippen molar-refractivity contribution in [2.24, 2.45) is 23.7 Å². The maximum Gasteiger partial charge on any atom is 0.307 e. The van der Waals surface area contributed by atoms with Gasteiger partial charge in [-0.25, -0.2) is 4.98 Å². The van der Waals surface area contributed by atoms with E-state index >= 15 is 0 Å². The number of phenolic OH excluding ortho intramolecular Hbond substituents is 1. The molecule has 5 N–H and O–H groups in total. The first-order valence-electron chi connectivity index (χ1n) is 21.5. The second kappa shape index (κ2) is 18.6. The van der Waals surface area contributed by atoms with Crippen LogP contribution in [0.1, 0.15) is 73.8 Å². The molecule has 16 nitrogen and oxygen atoms in total. The van der Waals surface area contributed by atoms with Crippen molar-refractivity contribution in [3.05, 3.63) is 79.5 Å². The molecule has 0 radical (unpaired) electrons. The van der Waals surface area contributed by atoms with Crippen LogP contribution in [0.5, 0.6) is 11.5 Å². The van der Waals surface area contributed by atoms with Crippen LogP contribution in [0.15, 0.2) is 62.3 Å². The Morgan fingerprint density at radius 1 is 0.984 bits per heavy atom. The monoisotopic (exact) mass is 885 g/mol. The number of fused-ring (bicyclic) bond motifs is 5. The average Bonchev–Trinajstić information content (AvgIpc) is 3.52. The second-order valence-electron chi connectivity index (χ2n) is 17.3. The summed E-state index contributed by atoms with van der Waals surface area (Å²) in [6, 6.07) is 3.04. The lowest BCUT2D eigenvalue weighted by Crippen LogP contribution is -2.46. The van der Waals surface area contributed by atoms with Crippen LogP contribution in [0.3, 0.4) is 0 Å². The van der Waals surface area contributed by atoms with E-state index in [-0.39, 0.29) is 60.8 Å². The number of esters is 1. The number of anilines is 2. The highest BCUT2D eigenvalue weighted by Gasteiger charge is 2.44. The molecule has 4 aromatic rings. The molecule has 2 aliphatic heterocycles. The van der Waals surface area contributed by atoms with Crippen LogP contribution in [0, 0.1) is 30.6 Å². The first-order valence-corrected chi connectivity index (χ1v) is 21.5. The lowest BCUT2D eigenvalue weighted by molar-refractivity contribution is -0.160. The molecule has 3 aromatic carbocycles. The minimum atomic E-state index is -1.98. The molecule has 1 aromatic heterocycles. The van der Waals surface area contributed by atoms with E-state index in [1.165, 1.54) is 59.3 Å². The molecule has 344 valence electrons. The quantitative estimate of drug-likeness (QED) is 0.0877. The summed E-state index contributed by atoms with van der Waals surface area (Å²) in [5.41, 5.74) is -1.50. The average molecular weight is 886 g/mol. The van der Waals surface area contributed by atoms with E-state index in [9.17, 15) is 39.6 Å². The fourth-order valence-corrected chi connectivity index (χ4v) is 8.62. The molecular weight excluding hydrogens is 827 g/mol. The van der Waals surface area contributed by atoms with Crippen LogP contribution in [-0.4, -0.2) is 88.2 Å². The number of unbranched alkanes of at least 4 members (excludes halogenated alkanes) is 1. The van der Waals surface area contributed by atoms with Crippen LogP contribution >= 0.6 is 0 Å². The summed E-state index contributed by atoms with van der Waals surface area (Å²) in [6.07, 6.45) is 5.32. The lowest BCUT2D eigenvalue weighted by atomic mass is 9.78. The fraction of sp³-hybridized carbons (Fsp3) is 0.479. The normalized spacial score (nSPS) is 28.7. The summed E-state index contributed by atoms with van der Waals surface area (Å²) in [5.74, 6) is -6.93. The second-order valence-corrected chi connectivity index (χ2v) is 17.3. The fourth-order valence-electron chi connectivity index (χ4n) is 8.62. The van der Waals surface area contributed by atoms with E-state index in [0.717, 1.165) is 12.8 Å². The number of hydrogen-bond acceptors (Lipinski definition) is 15. The Balaban J connectivity index is 1.65. The molecule has 0 saturated carbocycles. The number of carbonyl (C=O) groups is 2. The number of nitrogens with zero attached hydrogens (tertiary/aromatic N) is 2. The van der Waals surface area contributed by atoms with E-state index < -0.39 is 88.1 Å². The van der Waals surface area contributed by atoms with Gasteiger partial charge in [-0.3, -0.25) is 19.2 Å². The first kappa shape index (κ1) is 47.5. The smallest absolute Gasteiger partial charge is 0.307 e. The van der Waals surface area contributed by atoms with Gasteiger partial charge in [0.25, 0.3) is 5.91 Å². The third-order valence-electron chi connectivity index (χ3n) is 12.7. The molecule has 0 fully saturated rings. The third-order valence-corrected chi connectivity index (χ3v) is 12.7. The molecule has 6 rings (SSSR count). The lowest BCUT2D eigenvalue weighted by Gasteiger charge is -2.38. The maximum absolute atomic E-state index is 14.8. The third kappa shape index (κ3) is 8.65. The Kier molecular flexibility index (Phi) is 13.8. The van der Waals surface area contributed by atoms with Gasteiger partial charge in [0, 0.05) is 92.6 Å². The molecule has 0 unspecified atom stereocenters. The molecule has 3 heterocycles. The minimum Gasteiger partial charge on any atom is -0.507 e. The minimum absolute atomic E-state index is 0.0193. The van der Waals surface area contributed by atoms with Gasteiger partial charge in [0.2, 0.25) is 10.9 Å². The van der Waals surface area contributed by atoms with E-state index in [0.29, 0.717) is 12.2 Å². The van der Waals surface area contributed by atoms with Gasteiger partial charge in [-0.1, -0.05) is 59.3 Å². The number of phenols is 1. The van der Waals surface area contributed by atoms with Crippen molar-refractivity contribution in [3.8, 4) is 11.5 Å². The van der Waals surface area contributed by atoms with Crippen LogP contribution in [-0.2, 0) is 23.8 Å². The topological polar surface area (TPSA) is 227 Å². The Labute approximate surface area is 370 Å². The number of rotatable bonds is 6. The van der Waals surface area contributed by atoms with Gasteiger partial charge in [-0.2, -0.15) is 0 Å². The number of allylic oxidation sites excluding steroid dienone is 2. The highest BCUT2D eigenvalue weighted by Crippen LogP contribution is 2.42. The standard InChI is InChI=1S/C48H59N3O13/c1-12-13-18-51(10)29-20-30(53)36-32(21-29)63-45-37(49-36)33-34-41(56)27(7)44-35(33)46(58)48(9,64-44)61-19-17-31(60-11)24(4)43(62-28(8)52)26(6)40(55)25(5)39(54)22(2)15-14-16-23(3)47(59)50-38(45)42(34)57/h14-17,19-22,24-26,31,39-40,43,54-56,58H,12-13,18H2,1-11H3,(H,50,59)/b15-14+,19-17+,23-16-/t22-,24+,25+,26+,31-,39-,40+,43+,48-/m0/s1. The summed E-state index contributed by atoms with van der Waals surface area (Å²) in [4.78, 5) is 61.5. The van der Waals surface area contributed by atoms with Crippen LogP contribution in [0.4, 0.5) is 11.4 Å². The summed E-state index contributed by atoms with van der Waals surface area (Å²) in [7, 11) is 3.28. The number of benzene rings is 3. The van der Waals surface area contributed by atoms with Crippen molar-refractivity contribution in [1.29, 1.82) is 0 Å². The molecule has 0 aliphatic carbocycles. The van der Waals surface area contributed by atoms with Crippen molar-refractivity contribution in [1.82, 2.24) is 4.98 Å². The number of amides is 1. The molecular formula is C48H59N3O13. The predicted octanol–water partition coefficient (Wildman–Crippen LogP) is 5.80. The molecule has 9 atom stereocenters. The van der Waals surface area contributed by atoms with Crippen LogP contribution in [0.25, 0.3) is 38.7 Å². The van der Waals surface area contributed by atoms with Gasteiger partial charge in [0.05, 0.1) is 35.2 Å². The van der Waals surface area contributed by atoms with Gasteiger partial charge < -0.3 is 54.0 Å². The number of aromatic nitrogens is 1. The summed E-state index contributed by atoms with van der Waals surface area (Å²) >= 11 is 0. The van der Waals surface area contributed by atoms with Gasteiger partial charge in [0.1, 0.15) is 28.8 Å². The molecule has 2 aliphatic rings. The number of aromatic hydroxyl groups is 1. The Morgan fingerprint density at radius 3 is 2.34 bits per heavy atom. The molecule has 0 saturated heterocycles. The zero-order chi connectivity index (χ0) is 47.1. The molecule has 64 heavy (non-hydrogen) atoms. The number of nitrogens with one attached hydrogen (secondary N) is 1. The van der Waals surface area contributed by atoms with Crippen LogP contribution < -0.4 is 31.0 Å². The number of aliphatic hydroxyl groups is 3. The summed E-state index contributed by atoms with van der Waals surface area (Å²) < 4.78 is 30.3. The van der Waals surface area contributed by atoms with Crippen molar-refractivity contribution >= 4 is 62.0 Å². The first-order chi connectivity index (χ1) is 30.2. The molecule has 0 spiro atoms. The van der Waals surface area contributed by atoms with Crippen molar-refractivity contribution in [2.75, 3.05) is 30.9 Å². The molecule has 5 bridgehead atoms. The zero-order valence-corrected chi connectivity index (χ0v) is 38.1. The highest BCUT2D eigenvalue weighted by molar-refractivity contribution is 6.16. The van der Waals surface area contributed by atoms with Crippen molar-refractivity contribution in [2.45, 2.75) is 105 Å². The Hall–Kier alpha value is -5.97. The number of methoxy groups -OCH3 is 1. The van der Waals surface area contributed by atoms with E-state index in [2.05, 4.69) is 12.2 Å². The number of ether oxygens (including phenoxy) is 4. The van der Waals surface area contributed by atoms with E-state index in [4.69, 9.17) is 28.3 Å². The van der Waals surface area contributed by atoms with E-state index in [1.54, 1.807) is 45.9 Å². The summed E-state index contributed by atoms with van der Waals surface area (Å²) in [5, 5.41) is 49.0. The zero-order valence-electron chi connectivity index (χ0n) is 38.1. The molecule has 1 amide bonds. The van der Waals surface area contributed by atoms with Gasteiger partial charge in [0.15, 0.2) is 22.4 Å². The van der Waals surface area contributed by atoms with Crippen molar-refractivity contribution in [3.63, 3.8) is 0 Å². The Bertz CT molecular complexity index is 2760. The highest BCUT2D eigenvalue weighted by atomic mass is 16.7. The number of hydrogen-bond donors (Lipinski definition) is 5. The van der Waals surface area contributed by atoms with Crippen LogP contribution in [0.2, 0.25) is 0 Å². The number of carbonyl (C=O) groups excluding carboxylic acids is 2. The largest absolute Gasteiger partial charge is 0.507 e. The summed E-state index contributed by atoms with van der Waals surface area (Å²) in [6.45, 7) is 15.3. The van der Waals surface area contributed by atoms with Gasteiger partial charge in [-0.15, -0.1) is 0 Å². The Morgan fingerprint density at radius 2 is 1.69 bits per heavy atom. The number of aliphatic hydroxyl groups excluding tert-OH is 3. The molecule has 16 heteroatoms. The van der Waals surface area contributed by atoms with Gasteiger partial charge >= 0.3 is 11.8 Å². The predicted molar refractivity (Wildman–Crippen MR) is 243 cm³/mol.